The molecule has 0 unspecified atom stereocenters. The number of aromatic amines is 1. The number of rotatable bonds is 3. The van der Waals surface area contributed by atoms with Crippen LogP contribution in [-0.4, -0.2) is 16.7 Å². The second kappa shape index (κ2) is 4.55. The predicted molar refractivity (Wildman–Crippen MR) is 62.6 cm³/mol. The summed E-state index contributed by atoms with van der Waals surface area (Å²) in [4.78, 5) is 13.1. The van der Waals surface area contributed by atoms with Crippen molar-refractivity contribution in [3.63, 3.8) is 0 Å². The standard InChI is InChI=1S/C11H10ClNO4/c1-2-16-8-4-3-6(12)5-7(8)9-10(14)13-11(15)17-9/h3-5,14H,2H2,1H3,(H,13,15). The molecule has 6 heteroatoms. The molecule has 0 saturated heterocycles. The average molecular weight is 256 g/mol. The van der Waals surface area contributed by atoms with Gasteiger partial charge < -0.3 is 14.3 Å². The second-order valence-electron chi connectivity index (χ2n) is 3.27. The first kappa shape index (κ1) is 11.6. The summed E-state index contributed by atoms with van der Waals surface area (Å²) in [6, 6.07) is 4.85. The van der Waals surface area contributed by atoms with E-state index in [1.165, 1.54) is 0 Å². The first-order valence-corrected chi connectivity index (χ1v) is 5.34. The van der Waals surface area contributed by atoms with Gasteiger partial charge in [0, 0.05) is 5.02 Å². The Balaban J connectivity index is 2.60. The summed E-state index contributed by atoms with van der Waals surface area (Å²) in [5.74, 6) is -0.589. The summed E-state index contributed by atoms with van der Waals surface area (Å²) in [6.45, 7) is 2.27. The first-order valence-electron chi connectivity index (χ1n) is 4.96. The van der Waals surface area contributed by atoms with Crippen LogP contribution in [0.3, 0.4) is 0 Å². The molecule has 2 rings (SSSR count). The second-order valence-corrected chi connectivity index (χ2v) is 3.70. The van der Waals surface area contributed by atoms with E-state index in [1.54, 1.807) is 18.2 Å². The highest BCUT2D eigenvalue weighted by atomic mass is 35.5. The third-order valence-electron chi connectivity index (χ3n) is 2.12. The van der Waals surface area contributed by atoms with Crippen molar-refractivity contribution in [2.24, 2.45) is 0 Å². The van der Waals surface area contributed by atoms with Crippen molar-refractivity contribution in [2.75, 3.05) is 6.61 Å². The maximum atomic E-state index is 11.0. The molecule has 1 heterocycles. The maximum Gasteiger partial charge on any atom is 0.419 e. The summed E-state index contributed by atoms with van der Waals surface area (Å²) in [6.07, 6.45) is 0. The molecule has 0 aliphatic rings. The number of oxazole rings is 1. The van der Waals surface area contributed by atoms with E-state index >= 15 is 0 Å². The summed E-state index contributed by atoms with van der Waals surface area (Å²) in [5, 5.41) is 9.97. The van der Waals surface area contributed by atoms with E-state index in [-0.39, 0.29) is 11.6 Å². The van der Waals surface area contributed by atoms with Gasteiger partial charge in [0.1, 0.15) is 5.75 Å². The van der Waals surface area contributed by atoms with Crippen molar-refractivity contribution in [3.8, 4) is 23.0 Å². The van der Waals surface area contributed by atoms with Crippen molar-refractivity contribution in [1.29, 1.82) is 0 Å². The third-order valence-corrected chi connectivity index (χ3v) is 2.35. The molecular weight excluding hydrogens is 246 g/mol. The lowest BCUT2D eigenvalue weighted by Gasteiger charge is -2.08. The number of halogens is 1. The molecule has 0 saturated carbocycles. The van der Waals surface area contributed by atoms with Crippen LogP contribution < -0.4 is 10.5 Å². The summed E-state index contributed by atoms with van der Waals surface area (Å²) in [5.41, 5.74) is 0.426. The van der Waals surface area contributed by atoms with E-state index in [0.717, 1.165) is 0 Å². The number of aromatic hydroxyl groups is 1. The first-order chi connectivity index (χ1) is 8.11. The number of benzene rings is 1. The highest BCUT2D eigenvalue weighted by Gasteiger charge is 2.16. The molecule has 0 spiro atoms. The van der Waals surface area contributed by atoms with Crippen LogP contribution in [0.1, 0.15) is 6.92 Å². The quantitative estimate of drug-likeness (QED) is 0.883. The lowest BCUT2D eigenvalue weighted by molar-refractivity contribution is 0.340. The minimum atomic E-state index is -0.736. The van der Waals surface area contributed by atoms with Crippen molar-refractivity contribution in [2.45, 2.75) is 6.92 Å². The van der Waals surface area contributed by atoms with Crippen molar-refractivity contribution >= 4 is 11.6 Å². The van der Waals surface area contributed by atoms with Gasteiger partial charge in [-0.3, -0.25) is 4.98 Å². The van der Waals surface area contributed by atoms with Crippen LogP contribution >= 0.6 is 11.6 Å². The SMILES string of the molecule is CCOc1ccc(Cl)cc1-c1oc(=O)[nH]c1O. The molecule has 2 aromatic rings. The van der Waals surface area contributed by atoms with Crippen molar-refractivity contribution in [3.05, 3.63) is 33.8 Å². The molecule has 0 bridgehead atoms. The molecule has 2 N–H and O–H groups in total. The zero-order chi connectivity index (χ0) is 12.4. The van der Waals surface area contributed by atoms with Gasteiger partial charge in [-0.15, -0.1) is 0 Å². The van der Waals surface area contributed by atoms with Crippen LogP contribution in [0.15, 0.2) is 27.4 Å². The number of nitrogens with one attached hydrogen (secondary N) is 1. The molecule has 5 nitrogen and oxygen atoms in total. The third kappa shape index (κ3) is 2.29. The van der Waals surface area contributed by atoms with E-state index in [1.807, 2.05) is 6.92 Å². The Bertz CT molecular complexity index is 587. The van der Waals surface area contributed by atoms with Gasteiger partial charge in [-0.1, -0.05) is 11.6 Å². The Hall–Kier alpha value is -1.88. The van der Waals surface area contributed by atoms with Gasteiger partial charge in [0.15, 0.2) is 0 Å². The lowest BCUT2D eigenvalue weighted by Crippen LogP contribution is -1.94. The smallest absolute Gasteiger partial charge is 0.419 e. The number of ether oxygens (including phenoxy) is 1. The molecule has 0 aliphatic carbocycles. The normalized spacial score (nSPS) is 10.5. The highest BCUT2D eigenvalue weighted by molar-refractivity contribution is 6.30. The van der Waals surface area contributed by atoms with Crippen molar-refractivity contribution < 1.29 is 14.3 Å². The molecule has 1 aromatic heterocycles. The molecule has 0 atom stereocenters. The fraction of sp³-hybridized carbons (Fsp3) is 0.182. The minimum absolute atomic E-state index is 0.0148. The molecule has 0 amide bonds. The summed E-state index contributed by atoms with van der Waals surface area (Å²) in [7, 11) is 0. The fourth-order valence-corrected chi connectivity index (χ4v) is 1.64. The van der Waals surface area contributed by atoms with Gasteiger partial charge in [0.25, 0.3) is 0 Å². The molecular formula is C11H10ClNO4. The van der Waals surface area contributed by atoms with Gasteiger partial charge in [-0.25, -0.2) is 4.79 Å². The minimum Gasteiger partial charge on any atom is -0.493 e. The highest BCUT2D eigenvalue weighted by Crippen LogP contribution is 2.36. The van der Waals surface area contributed by atoms with Crippen molar-refractivity contribution in [1.82, 2.24) is 4.98 Å². The van der Waals surface area contributed by atoms with E-state index in [0.29, 0.717) is 22.9 Å². The van der Waals surface area contributed by atoms with Crippen LogP contribution in [0.5, 0.6) is 11.6 Å². The summed E-state index contributed by atoms with van der Waals surface area (Å²) < 4.78 is 10.2. The molecule has 0 fully saturated rings. The topological polar surface area (TPSA) is 75.5 Å². The zero-order valence-electron chi connectivity index (χ0n) is 8.99. The van der Waals surface area contributed by atoms with Crippen LogP contribution in [0, 0.1) is 0 Å². The molecule has 0 aliphatic heterocycles. The number of hydrogen-bond donors (Lipinski definition) is 2. The Labute approximate surface area is 102 Å². The van der Waals surface area contributed by atoms with Gasteiger partial charge in [-0.05, 0) is 25.1 Å². The largest absolute Gasteiger partial charge is 0.493 e. The molecule has 1 aromatic carbocycles. The zero-order valence-corrected chi connectivity index (χ0v) is 9.75. The van der Waals surface area contributed by atoms with Gasteiger partial charge >= 0.3 is 5.76 Å². The number of H-pyrrole nitrogens is 1. The average Bonchev–Trinajstić information content (AvgIpc) is 2.61. The van der Waals surface area contributed by atoms with Crippen LogP contribution in [0.2, 0.25) is 5.02 Å². The maximum absolute atomic E-state index is 11.0. The molecule has 0 radical (unpaired) electrons. The number of hydrogen-bond acceptors (Lipinski definition) is 4. The Morgan fingerprint density at radius 3 is 2.88 bits per heavy atom. The Morgan fingerprint density at radius 1 is 1.53 bits per heavy atom. The van der Waals surface area contributed by atoms with Gasteiger partial charge in [0.2, 0.25) is 11.6 Å². The molecule has 90 valence electrons. The van der Waals surface area contributed by atoms with E-state index < -0.39 is 5.76 Å². The van der Waals surface area contributed by atoms with E-state index in [2.05, 4.69) is 4.98 Å². The predicted octanol–water partition coefficient (Wildman–Crippen LogP) is 2.39. The lowest BCUT2D eigenvalue weighted by atomic mass is 10.1. The van der Waals surface area contributed by atoms with Gasteiger partial charge in [0.05, 0.1) is 12.2 Å². The monoisotopic (exact) mass is 255 g/mol. The molecule has 17 heavy (non-hydrogen) atoms. The van der Waals surface area contributed by atoms with Gasteiger partial charge in [-0.2, -0.15) is 0 Å². The van der Waals surface area contributed by atoms with Crippen LogP contribution in [0.25, 0.3) is 11.3 Å². The van der Waals surface area contributed by atoms with Crippen LogP contribution in [-0.2, 0) is 0 Å². The number of aromatic nitrogens is 1. The van der Waals surface area contributed by atoms with E-state index in [4.69, 9.17) is 20.8 Å². The summed E-state index contributed by atoms with van der Waals surface area (Å²) >= 11 is 5.86. The fourth-order valence-electron chi connectivity index (χ4n) is 1.46. The van der Waals surface area contributed by atoms with Crippen LogP contribution in [0.4, 0.5) is 0 Å². The Morgan fingerprint density at radius 2 is 2.29 bits per heavy atom. The Kier molecular flexibility index (Phi) is 3.10. The van der Waals surface area contributed by atoms with E-state index in [9.17, 15) is 9.90 Å².